The molecule has 0 bridgehead atoms. The number of aryl methyl sites for hydroxylation is 1. The van der Waals surface area contributed by atoms with E-state index in [1.165, 1.54) is 12.8 Å². The van der Waals surface area contributed by atoms with Crippen LogP contribution in [0.4, 0.5) is 5.82 Å². The van der Waals surface area contributed by atoms with Gasteiger partial charge in [0.25, 0.3) is 5.91 Å². The number of hydrogen-bond acceptors (Lipinski definition) is 4. The van der Waals surface area contributed by atoms with E-state index < -0.39 is 6.10 Å². The van der Waals surface area contributed by atoms with Crippen LogP contribution in [0.15, 0.2) is 42.6 Å². The van der Waals surface area contributed by atoms with Gasteiger partial charge >= 0.3 is 0 Å². The summed E-state index contributed by atoms with van der Waals surface area (Å²) in [5, 5.41) is 2.94. The van der Waals surface area contributed by atoms with Crippen molar-refractivity contribution in [1.82, 2.24) is 10.3 Å². The molecule has 1 N–H and O–H groups in total. The van der Waals surface area contributed by atoms with Crippen LogP contribution < -0.4 is 15.0 Å². The van der Waals surface area contributed by atoms with Crippen LogP contribution in [0.2, 0.25) is 0 Å². The highest BCUT2D eigenvalue weighted by Gasteiger charge is 2.16. The molecule has 1 amide bonds. The van der Waals surface area contributed by atoms with E-state index in [-0.39, 0.29) is 5.91 Å². The van der Waals surface area contributed by atoms with Gasteiger partial charge in [0.15, 0.2) is 6.10 Å². The van der Waals surface area contributed by atoms with Crippen LogP contribution in [0, 0.1) is 6.92 Å². The Morgan fingerprint density at radius 3 is 2.84 bits per heavy atom. The smallest absolute Gasteiger partial charge is 0.261 e. The summed E-state index contributed by atoms with van der Waals surface area (Å²) in [6.07, 6.45) is 3.70. The van der Waals surface area contributed by atoms with E-state index in [1.807, 2.05) is 43.5 Å². The van der Waals surface area contributed by atoms with Crippen LogP contribution in [0.3, 0.4) is 0 Å². The van der Waals surface area contributed by atoms with Crippen LogP contribution in [0.25, 0.3) is 0 Å². The zero-order valence-electron chi connectivity index (χ0n) is 14.9. The van der Waals surface area contributed by atoms with Crippen LogP contribution in [-0.2, 0) is 11.3 Å². The van der Waals surface area contributed by atoms with E-state index in [9.17, 15) is 4.79 Å². The summed E-state index contributed by atoms with van der Waals surface area (Å²) in [7, 11) is 0. The van der Waals surface area contributed by atoms with Crippen molar-refractivity contribution in [3.8, 4) is 5.75 Å². The molecule has 1 aromatic carbocycles. The summed E-state index contributed by atoms with van der Waals surface area (Å²) in [6.45, 7) is 6.36. The first-order valence-electron chi connectivity index (χ1n) is 8.83. The lowest BCUT2D eigenvalue weighted by atomic mass is 10.2. The fourth-order valence-electron chi connectivity index (χ4n) is 2.97. The van der Waals surface area contributed by atoms with Crippen LogP contribution in [-0.4, -0.2) is 30.1 Å². The van der Waals surface area contributed by atoms with Crippen molar-refractivity contribution in [3.05, 3.63) is 53.7 Å². The third-order valence-electron chi connectivity index (χ3n) is 4.38. The first-order chi connectivity index (χ1) is 12.1. The minimum Gasteiger partial charge on any atom is -0.481 e. The largest absolute Gasteiger partial charge is 0.481 e. The maximum atomic E-state index is 12.3. The third kappa shape index (κ3) is 4.72. The normalized spacial score (nSPS) is 15.0. The monoisotopic (exact) mass is 339 g/mol. The second-order valence-corrected chi connectivity index (χ2v) is 6.51. The molecule has 0 aliphatic carbocycles. The fraction of sp³-hybridized carbons (Fsp3) is 0.400. The molecule has 2 heterocycles. The number of nitrogens with zero attached hydrogens (tertiary/aromatic N) is 2. The van der Waals surface area contributed by atoms with Gasteiger partial charge in [0, 0.05) is 25.8 Å². The molecule has 1 atom stereocenters. The third-order valence-corrected chi connectivity index (χ3v) is 4.38. The summed E-state index contributed by atoms with van der Waals surface area (Å²) >= 11 is 0. The molecule has 2 aromatic rings. The Hall–Kier alpha value is -2.56. The highest BCUT2D eigenvalue weighted by atomic mass is 16.5. The second-order valence-electron chi connectivity index (χ2n) is 6.51. The average Bonchev–Trinajstić information content (AvgIpc) is 3.14. The van der Waals surface area contributed by atoms with Crippen molar-refractivity contribution in [3.63, 3.8) is 0 Å². The number of ether oxygens (including phenoxy) is 1. The van der Waals surface area contributed by atoms with E-state index in [0.29, 0.717) is 12.3 Å². The molecule has 25 heavy (non-hydrogen) atoms. The lowest BCUT2D eigenvalue weighted by molar-refractivity contribution is -0.127. The van der Waals surface area contributed by atoms with Gasteiger partial charge in [-0.25, -0.2) is 4.98 Å². The van der Waals surface area contributed by atoms with Gasteiger partial charge in [-0.3, -0.25) is 4.79 Å². The van der Waals surface area contributed by atoms with Gasteiger partial charge in [-0.2, -0.15) is 0 Å². The Bertz CT molecular complexity index is 726. The average molecular weight is 339 g/mol. The molecular weight excluding hydrogens is 314 g/mol. The fourth-order valence-corrected chi connectivity index (χ4v) is 2.97. The van der Waals surface area contributed by atoms with Crippen molar-refractivity contribution >= 4 is 11.7 Å². The van der Waals surface area contributed by atoms with Crippen molar-refractivity contribution in [1.29, 1.82) is 0 Å². The molecule has 1 saturated heterocycles. The molecular formula is C20H25N3O2. The molecule has 1 fully saturated rings. The number of aromatic nitrogens is 1. The minimum atomic E-state index is -0.540. The number of rotatable bonds is 6. The van der Waals surface area contributed by atoms with Crippen molar-refractivity contribution < 1.29 is 9.53 Å². The first kappa shape index (κ1) is 17.3. The Morgan fingerprint density at radius 1 is 1.28 bits per heavy atom. The van der Waals surface area contributed by atoms with E-state index >= 15 is 0 Å². The lowest BCUT2D eigenvalue weighted by Gasteiger charge is -2.18. The molecule has 1 aliphatic rings. The van der Waals surface area contributed by atoms with Gasteiger partial charge < -0.3 is 15.0 Å². The Kier molecular flexibility index (Phi) is 5.53. The number of anilines is 1. The predicted molar refractivity (Wildman–Crippen MR) is 98.8 cm³/mol. The number of amides is 1. The SMILES string of the molecule is Cc1cccc(OC(C)C(=O)NCc2ccnc(N3CCCC3)c2)c1. The summed E-state index contributed by atoms with van der Waals surface area (Å²) in [5.74, 6) is 1.58. The Labute approximate surface area is 149 Å². The standard InChI is InChI=1S/C20H25N3O2/c1-15-6-5-7-18(12-15)25-16(2)20(24)22-14-17-8-9-21-19(13-17)23-10-3-4-11-23/h5-9,12-13,16H,3-4,10-11,14H2,1-2H3,(H,22,24). The number of benzene rings is 1. The number of carbonyl (C=O) groups excluding carboxylic acids is 1. The van der Waals surface area contributed by atoms with Gasteiger partial charge in [-0.1, -0.05) is 12.1 Å². The molecule has 3 rings (SSSR count). The van der Waals surface area contributed by atoms with Crippen LogP contribution in [0.1, 0.15) is 30.9 Å². The van der Waals surface area contributed by atoms with E-state index in [1.54, 1.807) is 6.92 Å². The molecule has 0 radical (unpaired) electrons. The van der Waals surface area contributed by atoms with Gasteiger partial charge in [-0.15, -0.1) is 0 Å². The quantitative estimate of drug-likeness (QED) is 0.879. The highest BCUT2D eigenvalue weighted by molar-refractivity contribution is 5.80. The van der Waals surface area contributed by atoms with E-state index in [4.69, 9.17) is 4.74 Å². The summed E-state index contributed by atoms with van der Waals surface area (Å²) in [5.41, 5.74) is 2.16. The van der Waals surface area contributed by atoms with E-state index in [0.717, 1.165) is 30.0 Å². The molecule has 1 unspecified atom stereocenters. The zero-order chi connectivity index (χ0) is 17.6. The van der Waals surface area contributed by atoms with Gasteiger partial charge in [-0.05, 0) is 62.1 Å². The minimum absolute atomic E-state index is 0.124. The number of hydrogen-bond donors (Lipinski definition) is 1. The van der Waals surface area contributed by atoms with E-state index in [2.05, 4.69) is 21.3 Å². The molecule has 132 valence electrons. The molecule has 0 spiro atoms. The Morgan fingerprint density at radius 2 is 2.08 bits per heavy atom. The van der Waals surface area contributed by atoms with Crippen molar-refractivity contribution in [2.75, 3.05) is 18.0 Å². The lowest BCUT2D eigenvalue weighted by Crippen LogP contribution is -2.36. The van der Waals surface area contributed by atoms with Gasteiger partial charge in [0.2, 0.25) is 0 Å². The number of carbonyl (C=O) groups is 1. The predicted octanol–water partition coefficient (Wildman–Crippen LogP) is 3.07. The topological polar surface area (TPSA) is 54.5 Å². The highest BCUT2D eigenvalue weighted by Crippen LogP contribution is 2.18. The molecule has 5 nitrogen and oxygen atoms in total. The maximum Gasteiger partial charge on any atom is 0.261 e. The van der Waals surface area contributed by atoms with Crippen molar-refractivity contribution in [2.24, 2.45) is 0 Å². The summed E-state index contributed by atoms with van der Waals surface area (Å²) < 4.78 is 5.72. The zero-order valence-corrected chi connectivity index (χ0v) is 14.9. The summed E-state index contributed by atoms with van der Waals surface area (Å²) in [6, 6.07) is 11.7. The summed E-state index contributed by atoms with van der Waals surface area (Å²) in [4.78, 5) is 19.0. The van der Waals surface area contributed by atoms with Crippen LogP contribution in [0.5, 0.6) is 5.75 Å². The van der Waals surface area contributed by atoms with Crippen LogP contribution >= 0.6 is 0 Å². The number of pyridine rings is 1. The Balaban J connectivity index is 1.53. The molecule has 1 aliphatic heterocycles. The second kappa shape index (κ2) is 8.01. The maximum absolute atomic E-state index is 12.3. The molecule has 0 saturated carbocycles. The van der Waals surface area contributed by atoms with Gasteiger partial charge in [0.1, 0.15) is 11.6 Å². The molecule has 1 aromatic heterocycles. The van der Waals surface area contributed by atoms with Crippen molar-refractivity contribution in [2.45, 2.75) is 39.3 Å². The van der Waals surface area contributed by atoms with Gasteiger partial charge in [0.05, 0.1) is 0 Å². The molecule has 5 heteroatoms. The number of nitrogens with one attached hydrogen (secondary N) is 1. The first-order valence-corrected chi connectivity index (χ1v) is 8.83.